The summed E-state index contributed by atoms with van der Waals surface area (Å²) in [6.07, 6.45) is 2.85. The van der Waals surface area contributed by atoms with Crippen LogP contribution in [-0.2, 0) is 19.1 Å². The summed E-state index contributed by atoms with van der Waals surface area (Å²) in [7, 11) is 3.81. The minimum atomic E-state index is -0.493. The molecule has 6 heteroatoms. The fourth-order valence-electron chi connectivity index (χ4n) is 2.69. The van der Waals surface area contributed by atoms with E-state index in [1.54, 1.807) is 6.92 Å². The average molecular weight is 344 g/mol. The number of hydrogen-bond acceptors (Lipinski definition) is 5. The first-order valence-electron chi connectivity index (χ1n) is 8.31. The maximum Gasteiger partial charge on any atom is 0.308 e. The van der Waals surface area contributed by atoms with E-state index >= 15 is 0 Å². The quantitative estimate of drug-likeness (QED) is 0.531. The van der Waals surface area contributed by atoms with Gasteiger partial charge in [-0.05, 0) is 26.1 Å². The van der Waals surface area contributed by atoms with E-state index in [1.165, 1.54) is 17.1 Å². The van der Waals surface area contributed by atoms with E-state index in [-0.39, 0.29) is 17.8 Å². The van der Waals surface area contributed by atoms with E-state index in [2.05, 4.69) is 0 Å². The van der Waals surface area contributed by atoms with Gasteiger partial charge >= 0.3 is 5.97 Å². The Morgan fingerprint density at radius 3 is 2.28 bits per heavy atom. The largest absolute Gasteiger partial charge is 0.464 e. The summed E-state index contributed by atoms with van der Waals surface area (Å²) >= 11 is 0. The number of carbonyl (C=O) groups excluding carboxylic acids is 3. The van der Waals surface area contributed by atoms with Crippen molar-refractivity contribution in [1.82, 2.24) is 9.80 Å². The maximum absolute atomic E-state index is 12.2. The number of rotatable bonds is 8. The molecule has 2 unspecified atom stereocenters. The van der Waals surface area contributed by atoms with Gasteiger partial charge in [-0.2, -0.15) is 0 Å². The molecule has 1 aliphatic heterocycles. The Bertz CT molecular complexity index is 637. The molecule has 0 N–H and O–H groups in total. The van der Waals surface area contributed by atoms with Gasteiger partial charge in [-0.3, -0.25) is 19.3 Å². The molecule has 0 fully saturated rings. The molecule has 2 atom stereocenters. The third-order valence-electron chi connectivity index (χ3n) is 4.10. The summed E-state index contributed by atoms with van der Waals surface area (Å²) in [5.41, 5.74) is 0.820. The Morgan fingerprint density at radius 2 is 1.72 bits per heavy atom. The zero-order chi connectivity index (χ0) is 18.4. The van der Waals surface area contributed by atoms with Crippen LogP contribution in [0.15, 0.2) is 42.5 Å². The fraction of sp³-hybridized carbons (Fsp3) is 0.421. The van der Waals surface area contributed by atoms with Crippen LogP contribution in [-0.4, -0.2) is 54.8 Å². The standard InChI is InChI=1S/C19H24N2O4/c1-14(19(24)25-12-11-20(2)3)13-16(15-7-5-4-6-8-15)21-17(22)9-10-18(21)23/h4-10,14,16H,11-13H2,1-3H3. The molecule has 6 nitrogen and oxygen atoms in total. The summed E-state index contributed by atoms with van der Waals surface area (Å²) in [5.74, 6) is -1.47. The van der Waals surface area contributed by atoms with Crippen LogP contribution in [0.2, 0.25) is 0 Å². The molecule has 2 rings (SSSR count). The first-order valence-corrected chi connectivity index (χ1v) is 8.31. The molecule has 0 bridgehead atoms. The van der Waals surface area contributed by atoms with Gasteiger partial charge in [0.15, 0.2) is 0 Å². The van der Waals surface area contributed by atoms with Gasteiger partial charge in [-0.15, -0.1) is 0 Å². The SMILES string of the molecule is CC(CC(c1ccccc1)N1C(=O)C=CC1=O)C(=O)OCCN(C)C. The van der Waals surface area contributed by atoms with Gasteiger partial charge in [0.1, 0.15) is 6.61 Å². The Morgan fingerprint density at radius 1 is 1.12 bits per heavy atom. The highest BCUT2D eigenvalue weighted by Gasteiger charge is 2.34. The summed E-state index contributed by atoms with van der Waals surface area (Å²) in [6, 6.07) is 8.78. The van der Waals surface area contributed by atoms with Crippen molar-refractivity contribution in [2.75, 3.05) is 27.2 Å². The predicted molar refractivity (Wildman–Crippen MR) is 93.5 cm³/mol. The zero-order valence-electron chi connectivity index (χ0n) is 14.8. The van der Waals surface area contributed by atoms with Crippen LogP contribution in [0.3, 0.4) is 0 Å². The van der Waals surface area contributed by atoms with E-state index in [0.717, 1.165) is 5.56 Å². The van der Waals surface area contributed by atoms with Crippen molar-refractivity contribution < 1.29 is 19.1 Å². The lowest BCUT2D eigenvalue weighted by Gasteiger charge is -2.28. The number of amides is 2. The highest BCUT2D eigenvalue weighted by Crippen LogP contribution is 2.30. The van der Waals surface area contributed by atoms with Crippen molar-refractivity contribution in [3.05, 3.63) is 48.0 Å². The summed E-state index contributed by atoms with van der Waals surface area (Å²) in [6.45, 7) is 2.72. The Labute approximate surface area is 148 Å². The zero-order valence-corrected chi connectivity index (χ0v) is 14.8. The highest BCUT2D eigenvalue weighted by atomic mass is 16.5. The van der Waals surface area contributed by atoms with Crippen LogP contribution in [0.4, 0.5) is 0 Å². The van der Waals surface area contributed by atoms with E-state index < -0.39 is 12.0 Å². The van der Waals surface area contributed by atoms with Gasteiger partial charge < -0.3 is 9.64 Å². The molecule has 1 aromatic rings. The van der Waals surface area contributed by atoms with E-state index in [0.29, 0.717) is 19.6 Å². The Balaban J connectivity index is 2.10. The lowest BCUT2D eigenvalue weighted by molar-refractivity contribution is -0.150. The molecule has 0 radical (unpaired) electrons. The van der Waals surface area contributed by atoms with Crippen LogP contribution in [0, 0.1) is 5.92 Å². The molecular formula is C19H24N2O4. The number of hydrogen-bond donors (Lipinski definition) is 0. The van der Waals surface area contributed by atoms with Crippen LogP contribution in [0.5, 0.6) is 0 Å². The summed E-state index contributed by atoms with van der Waals surface area (Å²) < 4.78 is 5.28. The number of likely N-dealkylation sites (N-methyl/N-ethyl adjacent to an activating group) is 1. The van der Waals surface area contributed by atoms with Crippen molar-refractivity contribution in [1.29, 1.82) is 0 Å². The Hall–Kier alpha value is -2.47. The predicted octanol–water partition coefficient (Wildman–Crippen LogP) is 1.78. The smallest absolute Gasteiger partial charge is 0.308 e. The van der Waals surface area contributed by atoms with Crippen LogP contribution >= 0.6 is 0 Å². The molecule has 0 aromatic heterocycles. The number of nitrogens with zero attached hydrogens (tertiary/aromatic N) is 2. The number of imide groups is 1. The first-order chi connectivity index (χ1) is 11.9. The first kappa shape index (κ1) is 18.9. The second-order valence-corrected chi connectivity index (χ2v) is 6.41. The molecule has 1 heterocycles. The number of ether oxygens (including phenoxy) is 1. The van der Waals surface area contributed by atoms with Crippen molar-refractivity contribution in [2.45, 2.75) is 19.4 Å². The highest BCUT2D eigenvalue weighted by molar-refractivity contribution is 6.13. The maximum atomic E-state index is 12.2. The number of benzene rings is 1. The van der Waals surface area contributed by atoms with Crippen molar-refractivity contribution in [2.24, 2.45) is 5.92 Å². The van der Waals surface area contributed by atoms with Crippen LogP contribution in [0.1, 0.15) is 24.9 Å². The minimum absolute atomic E-state index is 0.315. The lowest BCUT2D eigenvalue weighted by atomic mass is 9.94. The molecule has 1 aromatic carbocycles. The van der Waals surface area contributed by atoms with Crippen molar-refractivity contribution in [3.8, 4) is 0 Å². The topological polar surface area (TPSA) is 66.9 Å². The Kier molecular flexibility index (Phi) is 6.47. The monoisotopic (exact) mass is 344 g/mol. The van der Waals surface area contributed by atoms with Gasteiger partial charge in [0.25, 0.3) is 11.8 Å². The van der Waals surface area contributed by atoms with Gasteiger partial charge in [0.2, 0.25) is 0 Å². The number of esters is 1. The molecular weight excluding hydrogens is 320 g/mol. The lowest BCUT2D eigenvalue weighted by Crippen LogP contribution is -2.36. The third kappa shape index (κ3) is 5.00. The molecule has 0 saturated heterocycles. The van der Waals surface area contributed by atoms with E-state index in [9.17, 15) is 14.4 Å². The second-order valence-electron chi connectivity index (χ2n) is 6.41. The molecule has 25 heavy (non-hydrogen) atoms. The third-order valence-corrected chi connectivity index (χ3v) is 4.10. The molecule has 0 aliphatic carbocycles. The van der Waals surface area contributed by atoms with Gasteiger partial charge in [-0.25, -0.2) is 0 Å². The van der Waals surface area contributed by atoms with E-state index in [4.69, 9.17) is 4.74 Å². The normalized spacial score (nSPS) is 16.4. The summed E-state index contributed by atoms with van der Waals surface area (Å²) in [5, 5.41) is 0. The minimum Gasteiger partial charge on any atom is -0.464 e. The van der Waals surface area contributed by atoms with Crippen LogP contribution in [0.25, 0.3) is 0 Å². The average Bonchev–Trinajstić information content (AvgIpc) is 2.91. The molecule has 1 aliphatic rings. The van der Waals surface area contributed by atoms with Crippen LogP contribution < -0.4 is 0 Å². The molecule has 134 valence electrons. The fourth-order valence-corrected chi connectivity index (χ4v) is 2.69. The van der Waals surface area contributed by atoms with Crippen molar-refractivity contribution >= 4 is 17.8 Å². The van der Waals surface area contributed by atoms with Gasteiger partial charge in [-0.1, -0.05) is 37.3 Å². The molecule has 0 saturated carbocycles. The van der Waals surface area contributed by atoms with E-state index in [1.807, 2.05) is 49.3 Å². The molecule has 0 spiro atoms. The number of carbonyl (C=O) groups is 3. The summed E-state index contributed by atoms with van der Waals surface area (Å²) in [4.78, 5) is 39.5. The van der Waals surface area contributed by atoms with Gasteiger partial charge in [0.05, 0.1) is 12.0 Å². The second kappa shape index (κ2) is 8.58. The van der Waals surface area contributed by atoms with Crippen molar-refractivity contribution in [3.63, 3.8) is 0 Å². The van der Waals surface area contributed by atoms with Gasteiger partial charge in [0, 0.05) is 18.7 Å². The molecule has 2 amide bonds.